The lowest BCUT2D eigenvalue weighted by Gasteiger charge is -2.07. The number of amides is 1. The monoisotopic (exact) mass is 374 g/mol. The number of rotatable bonds is 5. The summed E-state index contributed by atoms with van der Waals surface area (Å²) in [5.41, 5.74) is 4.34. The Bertz CT molecular complexity index is 1240. The number of carbonyl (C=O) groups excluding carboxylic acids is 1. The van der Waals surface area contributed by atoms with Crippen LogP contribution in [0.25, 0.3) is 21.9 Å². The minimum absolute atomic E-state index is 0.101. The number of fused-ring (bicyclic) bond motifs is 2. The number of pyridine rings is 1. The molecule has 2 N–H and O–H groups in total. The maximum atomic E-state index is 12.3. The van der Waals surface area contributed by atoms with Crippen molar-refractivity contribution in [3.63, 3.8) is 0 Å². The second kappa shape index (κ2) is 7.31. The smallest absolute Gasteiger partial charge is 0.251 e. The highest BCUT2D eigenvalue weighted by Gasteiger charge is 2.10. The van der Waals surface area contributed by atoms with Gasteiger partial charge in [-0.3, -0.25) is 9.59 Å². The number of carbonyl (C=O) groups is 1. The van der Waals surface area contributed by atoms with Crippen molar-refractivity contribution in [2.75, 3.05) is 0 Å². The number of hydrogen-bond acceptors (Lipinski definition) is 3. The first kappa shape index (κ1) is 18.0. The highest BCUT2D eigenvalue weighted by Crippen LogP contribution is 2.15. The average Bonchev–Trinajstić information content (AvgIpc) is 3.01. The minimum atomic E-state index is -0.138. The molecule has 0 aliphatic heterocycles. The predicted molar refractivity (Wildman–Crippen MR) is 110 cm³/mol. The molecule has 28 heavy (non-hydrogen) atoms. The maximum Gasteiger partial charge on any atom is 0.251 e. The maximum absolute atomic E-state index is 12.3. The molecule has 6 nitrogen and oxygen atoms in total. The number of nitrogens with one attached hydrogen (secondary N) is 2. The standard InChI is InChI=1S/C22H22N4O2/c1-14-7-8-15-12-16(22(28)25-18(15)11-14)9-10-21(27)23-13-20-24-17-5-3-4-6-19(17)26(20)2/h3-8,11-12H,9-10,13H2,1-2H3,(H,23,27)(H,25,28). The van der Waals surface area contributed by atoms with Crippen molar-refractivity contribution in [3.05, 3.63) is 75.8 Å². The first-order valence-corrected chi connectivity index (χ1v) is 9.31. The van der Waals surface area contributed by atoms with Gasteiger partial charge < -0.3 is 14.9 Å². The Hall–Kier alpha value is -3.41. The summed E-state index contributed by atoms with van der Waals surface area (Å²) in [5.74, 6) is 0.698. The second-order valence-corrected chi connectivity index (χ2v) is 7.07. The van der Waals surface area contributed by atoms with Gasteiger partial charge in [-0.25, -0.2) is 4.98 Å². The summed E-state index contributed by atoms with van der Waals surface area (Å²) in [6.45, 7) is 2.35. The zero-order valence-electron chi connectivity index (χ0n) is 16.0. The number of H-pyrrole nitrogens is 1. The van der Waals surface area contributed by atoms with Crippen molar-refractivity contribution in [2.24, 2.45) is 7.05 Å². The Morgan fingerprint density at radius 2 is 2.00 bits per heavy atom. The van der Waals surface area contributed by atoms with Crippen LogP contribution in [0.1, 0.15) is 23.4 Å². The summed E-state index contributed by atoms with van der Waals surface area (Å²) in [6, 6.07) is 15.7. The van der Waals surface area contributed by atoms with E-state index in [0.717, 1.165) is 33.3 Å². The fourth-order valence-corrected chi connectivity index (χ4v) is 3.41. The van der Waals surface area contributed by atoms with Crippen LogP contribution in [-0.2, 0) is 24.8 Å². The third-order valence-electron chi connectivity index (χ3n) is 5.02. The zero-order chi connectivity index (χ0) is 19.7. The van der Waals surface area contributed by atoms with E-state index >= 15 is 0 Å². The number of aromatic amines is 1. The van der Waals surface area contributed by atoms with Crippen LogP contribution in [0.3, 0.4) is 0 Å². The molecule has 6 heteroatoms. The molecule has 0 unspecified atom stereocenters. The van der Waals surface area contributed by atoms with Gasteiger partial charge in [-0.2, -0.15) is 0 Å². The number of imidazole rings is 1. The van der Waals surface area contributed by atoms with Crippen LogP contribution in [0.5, 0.6) is 0 Å². The minimum Gasteiger partial charge on any atom is -0.349 e. The fourth-order valence-electron chi connectivity index (χ4n) is 3.41. The lowest BCUT2D eigenvalue weighted by atomic mass is 10.1. The summed E-state index contributed by atoms with van der Waals surface area (Å²) in [4.78, 5) is 32.0. The van der Waals surface area contributed by atoms with Crippen LogP contribution in [0.2, 0.25) is 0 Å². The Morgan fingerprint density at radius 3 is 2.82 bits per heavy atom. The molecule has 2 heterocycles. The number of benzene rings is 2. The highest BCUT2D eigenvalue weighted by molar-refractivity contribution is 5.80. The van der Waals surface area contributed by atoms with Gasteiger partial charge in [0, 0.05) is 24.5 Å². The average molecular weight is 374 g/mol. The van der Waals surface area contributed by atoms with Gasteiger partial charge in [0.1, 0.15) is 5.82 Å². The van der Waals surface area contributed by atoms with E-state index in [9.17, 15) is 9.59 Å². The molecule has 2 aromatic carbocycles. The fraction of sp³-hybridized carbons (Fsp3) is 0.227. The van der Waals surface area contributed by atoms with Gasteiger partial charge >= 0.3 is 0 Å². The Balaban J connectivity index is 1.41. The van der Waals surface area contributed by atoms with Crippen molar-refractivity contribution in [3.8, 4) is 0 Å². The van der Waals surface area contributed by atoms with E-state index in [4.69, 9.17) is 0 Å². The molecule has 0 atom stereocenters. The molecule has 0 fully saturated rings. The lowest BCUT2D eigenvalue weighted by molar-refractivity contribution is -0.121. The Morgan fingerprint density at radius 1 is 1.18 bits per heavy atom. The van der Waals surface area contributed by atoms with Crippen LogP contribution < -0.4 is 10.9 Å². The highest BCUT2D eigenvalue weighted by atomic mass is 16.1. The topological polar surface area (TPSA) is 79.8 Å². The molecule has 0 aliphatic rings. The molecule has 0 bridgehead atoms. The van der Waals surface area contributed by atoms with Gasteiger partial charge in [0.05, 0.1) is 17.6 Å². The van der Waals surface area contributed by atoms with E-state index in [1.54, 1.807) is 0 Å². The Labute approximate surface area is 162 Å². The number of para-hydroxylation sites is 2. The van der Waals surface area contributed by atoms with E-state index in [-0.39, 0.29) is 17.9 Å². The van der Waals surface area contributed by atoms with Gasteiger partial charge in [-0.1, -0.05) is 24.3 Å². The van der Waals surface area contributed by atoms with E-state index in [0.29, 0.717) is 18.5 Å². The van der Waals surface area contributed by atoms with Crippen molar-refractivity contribution < 1.29 is 4.79 Å². The third kappa shape index (κ3) is 3.53. The van der Waals surface area contributed by atoms with Gasteiger partial charge in [-0.15, -0.1) is 0 Å². The summed E-state index contributed by atoms with van der Waals surface area (Å²) < 4.78 is 1.98. The first-order valence-electron chi connectivity index (χ1n) is 9.31. The molecule has 0 aliphatic carbocycles. The third-order valence-corrected chi connectivity index (χ3v) is 5.02. The first-order chi connectivity index (χ1) is 13.5. The van der Waals surface area contributed by atoms with Crippen molar-refractivity contribution >= 4 is 27.8 Å². The normalized spacial score (nSPS) is 11.2. The van der Waals surface area contributed by atoms with Crippen LogP contribution in [0.4, 0.5) is 0 Å². The summed E-state index contributed by atoms with van der Waals surface area (Å²) in [6.07, 6.45) is 0.651. The SMILES string of the molecule is Cc1ccc2cc(CCC(=O)NCc3nc4ccccc4n3C)c(=O)[nH]c2c1. The van der Waals surface area contributed by atoms with Crippen molar-refractivity contribution in [1.82, 2.24) is 19.9 Å². The Kier molecular flexibility index (Phi) is 4.69. The number of hydrogen-bond donors (Lipinski definition) is 2. The molecule has 142 valence electrons. The van der Waals surface area contributed by atoms with Gasteiger partial charge in [0.15, 0.2) is 0 Å². The van der Waals surface area contributed by atoms with Gasteiger partial charge in [-0.05, 0) is 48.6 Å². The predicted octanol–water partition coefficient (Wildman–Crippen LogP) is 2.97. The van der Waals surface area contributed by atoms with Crippen LogP contribution in [0, 0.1) is 6.92 Å². The molecular weight excluding hydrogens is 352 g/mol. The molecule has 4 rings (SSSR count). The van der Waals surface area contributed by atoms with Gasteiger partial charge in [0.2, 0.25) is 5.91 Å². The number of nitrogens with zero attached hydrogens (tertiary/aromatic N) is 2. The quantitative estimate of drug-likeness (QED) is 0.564. The second-order valence-electron chi connectivity index (χ2n) is 7.07. The van der Waals surface area contributed by atoms with Crippen molar-refractivity contribution in [1.29, 1.82) is 0 Å². The number of aryl methyl sites for hydroxylation is 3. The van der Waals surface area contributed by atoms with E-state index < -0.39 is 0 Å². The molecule has 0 spiro atoms. The summed E-state index contributed by atoms with van der Waals surface area (Å²) >= 11 is 0. The molecule has 2 aromatic heterocycles. The van der Waals surface area contributed by atoms with E-state index in [2.05, 4.69) is 15.3 Å². The van der Waals surface area contributed by atoms with Gasteiger partial charge in [0.25, 0.3) is 5.56 Å². The molecule has 0 saturated heterocycles. The lowest BCUT2D eigenvalue weighted by Crippen LogP contribution is -2.25. The molecule has 0 radical (unpaired) electrons. The summed E-state index contributed by atoms with van der Waals surface area (Å²) in [7, 11) is 1.94. The van der Waals surface area contributed by atoms with Crippen LogP contribution >= 0.6 is 0 Å². The largest absolute Gasteiger partial charge is 0.349 e. The van der Waals surface area contributed by atoms with Crippen molar-refractivity contribution in [2.45, 2.75) is 26.3 Å². The number of aromatic nitrogens is 3. The summed E-state index contributed by atoms with van der Waals surface area (Å²) in [5, 5.41) is 3.87. The van der Waals surface area contributed by atoms with E-state index in [1.807, 2.05) is 67.1 Å². The molecule has 4 aromatic rings. The zero-order valence-corrected chi connectivity index (χ0v) is 16.0. The van der Waals surface area contributed by atoms with Crippen LogP contribution in [-0.4, -0.2) is 20.4 Å². The molecule has 1 amide bonds. The van der Waals surface area contributed by atoms with Crippen LogP contribution in [0.15, 0.2) is 53.3 Å². The molecular formula is C22H22N4O2. The van der Waals surface area contributed by atoms with E-state index in [1.165, 1.54) is 0 Å². The molecule has 0 saturated carbocycles.